The van der Waals surface area contributed by atoms with Gasteiger partial charge in [0.1, 0.15) is 11.9 Å². The molecule has 2 atom stereocenters. The summed E-state index contributed by atoms with van der Waals surface area (Å²) in [7, 11) is 0. The van der Waals surface area contributed by atoms with Crippen LogP contribution >= 0.6 is 11.3 Å². The van der Waals surface area contributed by atoms with E-state index in [1.54, 1.807) is 33.8 Å². The number of hydrogen-bond acceptors (Lipinski definition) is 13. The third-order valence-corrected chi connectivity index (χ3v) is 14.1. The Balaban J connectivity index is 0.735. The van der Waals surface area contributed by atoms with Crippen molar-refractivity contribution in [2.24, 2.45) is 0 Å². The van der Waals surface area contributed by atoms with Crippen LogP contribution < -0.4 is 25.8 Å². The lowest BCUT2D eigenvalue weighted by atomic mass is 9.87. The van der Waals surface area contributed by atoms with E-state index < -0.39 is 47.0 Å². The summed E-state index contributed by atoms with van der Waals surface area (Å²) in [5, 5.41) is 21.6. The highest BCUT2D eigenvalue weighted by atomic mass is 32.1. The number of aliphatic hydroxyl groups is 1. The number of rotatable bonds is 11. The van der Waals surface area contributed by atoms with Gasteiger partial charge in [-0.3, -0.25) is 34.6 Å². The van der Waals surface area contributed by atoms with Crippen molar-refractivity contribution in [1.29, 1.82) is 0 Å². The number of halogens is 2. The fourth-order valence-electron chi connectivity index (χ4n) is 9.72. The normalized spacial score (nSPS) is 19.7. The zero-order valence-electron chi connectivity index (χ0n) is 35.8. The molecular formula is C46H47F2N11O6S. The Labute approximate surface area is 381 Å². The number of anilines is 4. The zero-order valence-corrected chi connectivity index (χ0v) is 36.7. The highest BCUT2D eigenvalue weighted by molar-refractivity contribution is 7.13. The lowest BCUT2D eigenvalue weighted by molar-refractivity contribution is -0.138. The zero-order chi connectivity index (χ0) is 45.7. The van der Waals surface area contributed by atoms with Crippen molar-refractivity contribution in [3.8, 4) is 11.1 Å². The standard InChI is InChI=1S/C46H47F2N11O6S/c47-33-21-28(20-31-32(33)25-59(44(31)64)40(43(63)54-45-49-11-19-66-45)39-36-2-1-12-58(36)26-51-39)27-3-5-30(6-4-27)55-15-17-56(18-16-55)38(61)23-46(65)9-13-57(14-10-46)41-34(48)22-29(24-50-41)52-35-7-8-37(60)53-42(35)62/h3-6,11,19-22,24,26,35,40,52,65H,1-2,7-10,12-18,23,25H2,(H,49,54,63)(H,53,60,62). The number of thiazole rings is 1. The first-order valence-corrected chi connectivity index (χ1v) is 23.0. The van der Waals surface area contributed by atoms with E-state index in [1.807, 2.05) is 28.8 Å². The fourth-order valence-corrected chi connectivity index (χ4v) is 10.3. The molecule has 0 saturated carbocycles. The molecule has 2 unspecified atom stereocenters. The summed E-state index contributed by atoms with van der Waals surface area (Å²) < 4.78 is 33.2. The van der Waals surface area contributed by atoms with Gasteiger partial charge in [0.2, 0.25) is 17.7 Å². The summed E-state index contributed by atoms with van der Waals surface area (Å²) in [6.07, 6.45) is 7.27. The number of carbonyl (C=O) groups excluding carboxylic acids is 5. The summed E-state index contributed by atoms with van der Waals surface area (Å²) in [5.41, 5.74) is 3.03. The van der Waals surface area contributed by atoms with E-state index in [4.69, 9.17) is 0 Å². The summed E-state index contributed by atoms with van der Waals surface area (Å²) in [4.78, 5) is 85.1. The molecule has 0 aliphatic carbocycles. The Bertz CT molecular complexity index is 2720. The van der Waals surface area contributed by atoms with Crippen LogP contribution in [0.3, 0.4) is 0 Å². The van der Waals surface area contributed by atoms with Crippen LogP contribution in [0, 0.1) is 11.6 Å². The largest absolute Gasteiger partial charge is 0.389 e. The van der Waals surface area contributed by atoms with Crippen molar-refractivity contribution < 1.29 is 37.9 Å². The van der Waals surface area contributed by atoms with E-state index in [9.17, 15) is 29.1 Å². The minimum Gasteiger partial charge on any atom is -0.389 e. The van der Waals surface area contributed by atoms with Gasteiger partial charge in [0.15, 0.2) is 22.8 Å². The quantitative estimate of drug-likeness (QED) is 0.138. The molecule has 17 nitrogen and oxygen atoms in total. The lowest BCUT2D eigenvalue weighted by Crippen LogP contribution is -2.52. The van der Waals surface area contributed by atoms with E-state index in [0.29, 0.717) is 73.3 Å². The summed E-state index contributed by atoms with van der Waals surface area (Å²) in [6, 6.07) is 10.2. The molecule has 3 saturated heterocycles. The molecule has 0 spiro atoms. The number of piperidine rings is 2. The number of imide groups is 1. The van der Waals surface area contributed by atoms with Crippen LogP contribution in [0.5, 0.6) is 0 Å². The summed E-state index contributed by atoms with van der Waals surface area (Å²) >= 11 is 1.26. The Morgan fingerprint density at radius 1 is 0.909 bits per heavy atom. The SMILES string of the molecule is O=C1CCC(Nc2cnc(N3CCC(O)(CC(=O)N4CCN(c5ccc(-c6cc(F)c7c(c6)C(=O)N(C(C(=O)Nc6nccs6)c6ncn8c6CCC8)C7)cc5)CC4)CC3)c(F)c2)C(=O)N1. The molecular weight excluding hydrogens is 873 g/mol. The smallest absolute Gasteiger partial charge is 0.255 e. The van der Waals surface area contributed by atoms with Gasteiger partial charge in [-0.2, -0.15) is 0 Å². The van der Waals surface area contributed by atoms with Crippen molar-refractivity contribution in [3.63, 3.8) is 0 Å². The number of pyridine rings is 1. The highest BCUT2D eigenvalue weighted by Crippen LogP contribution is 2.39. The summed E-state index contributed by atoms with van der Waals surface area (Å²) in [5.74, 6) is -2.88. The molecule has 5 aliphatic rings. The number of carbonyl (C=O) groups is 5. The van der Waals surface area contributed by atoms with Crippen LogP contribution in [-0.2, 0) is 38.7 Å². The van der Waals surface area contributed by atoms with Gasteiger partial charge in [-0.05, 0) is 67.5 Å². The van der Waals surface area contributed by atoms with Crippen molar-refractivity contribution in [2.75, 3.05) is 59.7 Å². The third kappa shape index (κ3) is 8.45. The lowest BCUT2D eigenvalue weighted by Gasteiger charge is -2.41. The van der Waals surface area contributed by atoms with E-state index in [0.717, 1.165) is 30.8 Å². The maximum Gasteiger partial charge on any atom is 0.255 e. The van der Waals surface area contributed by atoms with Crippen LogP contribution in [0.2, 0.25) is 0 Å². The van der Waals surface area contributed by atoms with E-state index in [-0.39, 0.29) is 61.0 Å². The fraction of sp³-hybridized carbons (Fsp3) is 0.391. The topological polar surface area (TPSA) is 198 Å². The average Bonchev–Trinajstić information content (AvgIpc) is 4.13. The van der Waals surface area contributed by atoms with Gasteiger partial charge >= 0.3 is 0 Å². The Hall–Kier alpha value is -6.80. The van der Waals surface area contributed by atoms with Gasteiger partial charge in [0, 0.05) is 92.4 Å². The molecule has 20 heteroatoms. The Morgan fingerprint density at radius 2 is 1.70 bits per heavy atom. The molecule has 3 fully saturated rings. The number of nitrogens with one attached hydrogen (secondary N) is 3. The van der Waals surface area contributed by atoms with Crippen LogP contribution in [0.4, 0.5) is 31.1 Å². The highest BCUT2D eigenvalue weighted by Gasteiger charge is 2.43. The maximum atomic E-state index is 16.0. The van der Waals surface area contributed by atoms with Gasteiger partial charge in [-0.25, -0.2) is 23.7 Å². The van der Waals surface area contributed by atoms with Gasteiger partial charge < -0.3 is 34.6 Å². The van der Waals surface area contributed by atoms with Crippen LogP contribution in [-0.4, -0.2) is 115 Å². The number of aromatic nitrogens is 4. The second kappa shape index (κ2) is 17.5. The predicted octanol–water partition coefficient (Wildman–Crippen LogP) is 4.25. The number of piperazine rings is 1. The molecule has 3 aromatic heterocycles. The number of hydrogen-bond donors (Lipinski definition) is 4. The van der Waals surface area contributed by atoms with Gasteiger partial charge in [-0.15, -0.1) is 11.3 Å². The number of benzene rings is 2. The van der Waals surface area contributed by atoms with Crippen LogP contribution in [0.25, 0.3) is 11.1 Å². The molecule has 0 radical (unpaired) electrons. The maximum absolute atomic E-state index is 16.0. The van der Waals surface area contributed by atoms with Gasteiger partial charge in [-0.1, -0.05) is 12.1 Å². The van der Waals surface area contributed by atoms with Gasteiger partial charge in [0.05, 0.1) is 42.5 Å². The number of amides is 5. The molecule has 10 rings (SSSR count). The van der Waals surface area contributed by atoms with Crippen molar-refractivity contribution in [1.82, 2.24) is 34.6 Å². The molecule has 5 amide bonds. The third-order valence-electron chi connectivity index (χ3n) is 13.4. The van der Waals surface area contributed by atoms with Crippen molar-refractivity contribution >= 4 is 63.2 Å². The van der Waals surface area contributed by atoms with Crippen LogP contribution in [0.1, 0.15) is 71.9 Å². The second-order valence-corrected chi connectivity index (χ2v) is 18.4. The molecule has 8 heterocycles. The molecule has 4 N–H and O–H groups in total. The van der Waals surface area contributed by atoms with Crippen molar-refractivity contribution in [2.45, 2.75) is 75.7 Å². The number of nitrogens with zero attached hydrogens (tertiary/aromatic N) is 8. The second-order valence-electron chi connectivity index (χ2n) is 17.5. The molecule has 66 heavy (non-hydrogen) atoms. The molecule has 5 aromatic rings. The van der Waals surface area contributed by atoms with E-state index in [1.165, 1.54) is 34.6 Å². The Kier molecular flexibility index (Phi) is 11.5. The molecule has 342 valence electrons. The average molecular weight is 920 g/mol. The first-order valence-electron chi connectivity index (χ1n) is 22.1. The molecule has 5 aliphatic heterocycles. The number of aryl methyl sites for hydroxylation is 1. The van der Waals surface area contributed by atoms with E-state index in [2.05, 4.69) is 35.8 Å². The number of fused-ring (bicyclic) bond motifs is 2. The van der Waals surface area contributed by atoms with E-state index >= 15 is 8.78 Å². The minimum absolute atomic E-state index is 0.0518. The first-order chi connectivity index (χ1) is 31.9. The monoisotopic (exact) mass is 919 g/mol. The molecule has 0 bridgehead atoms. The summed E-state index contributed by atoms with van der Waals surface area (Å²) in [6.45, 7) is 3.32. The first kappa shape index (κ1) is 43.1. The van der Waals surface area contributed by atoms with Gasteiger partial charge in [0.25, 0.3) is 11.8 Å². The number of imidazole rings is 1. The Morgan fingerprint density at radius 3 is 2.42 bits per heavy atom. The molecule has 2 aromatic carbocycles. The minimum atomic E-state index is -1.25. The van der Waals surface area contributed by atoms with Crippen LogP contribution in [0.15, 0.2) is 66.6 Å². The predicted molar refractivity (Wildman–Crippen MR) is 240 cm³/mol. The van der Waals surface area contributed by atoms with Crippen molar-refractivity contribution in [3.05, 3.63) is 101 Å².